The summed E-state index contributed by atoms with van der Waals surface area (Å²) in [4.78, 5) is 3.56. The van der Waals surface area contributed by atoms with Gasteiger partial charge in [0.15, 0.2) is 0 Å². The zero-order valence-corrected chi connectivity index (χ0v) is 21.8. The standard InChI is InChI=1S/C13H16N2O.C8H8OS.C6H6O.C3H6/c14-10-12-6-7-15(11-12)8-9-16-13-4-2-1-3-5-13;1-2-4-8-7(3-1)9-5-6-10-8;7-6-4-2-1-3-5-6;1-3-2/h1-5,12H,6-9,11H2;1-4H,5-6H2;1-5,7H;3H,1H2,2H3. The largest absolute Gasteiger partial charge is 0.508 e. The van der Waals surface area contributed by atoms with E-state index in [1.54, 1.807) is 30.3 Å². The SMILES string of the molecule is C=CC.N#CC1CCN(CCOc2ccccc2)C1.Oc1ccccc1.c1ccc2c(c1)OCCS2. The van der Waals surface area contributed by atoms with Gasteiger partial charge in [-0.2, -0.15) is 5.26 Å². The van der Waals surface area contributed by atoms with Crippen molar-refractivity contribution in [2.75, 3.05) is 38.6 Å². The Morgan fingerprint density at radius 2 is 1.72 bits per heavy atom. The van der Waals surface area contributed by atoms with Crippen LogP contribution in [0.1, 0.15) is 13.3 Å². The quantitative estimate of drug-likeness (QED) is 0.401. The van der Waals surface area contributed by atoms with Gasteiger partial charge in [-0.25, -0.2) is 0 Å². The average molecular weight is 505 g/mol. The van der Waals surface area contributed by atoms with Crippen molar-refractivity contribution >= 4 is 11.8 Å². The van der Waals surface area contributed by atoms with Gasteiger partial charge in [-0.1, -0.05) is 54.6 Å². The molecule has 0 amide bonds. The molecule has 6 heteroatoms. The Labute approximate surface area is 220 Å². The fourth-order valence-electron chi connectivity index (χ4n) is 3.37. The molecule has 1 fully saturated rings. The summed E-state index contributed by atoms with van der Waals surface area (Å²) in [6.45, 7) is 9.63. The van der Waals surface area contributed by atoms with Gasteiger partial charge in [-0.05, 0) is 56.3 Å². The van der Waals surface area contributed by atoms with E-state index in [4.69, 9.17) is 19.8 Å². The number of para-hydroxylation sites is 3. The van der Waals surface area contributed by atoms with Gasteiger partial charge in [0, 0.05) is 23.7 Å². The lowest BCUT2D eigenvalue weighted by Gasteiger charge is -2.15. The Kier molecular flexibility index (Phi) is 14.4. The second kappa shape index (κ2) is 18.0. The number of nitrogens with zero attached hydrogens (tertiary/aromatic N) is 2. The Morgan fingerprint density at radius 3 is 2.31 bits per heavy atom. The van der Waals surface area contributed by atoms with Gasteiger partial charge in [0.05, 0.1) is 18.6 Å². The normalized spacial score (nSPS) is 15.5. The molecule has 190 valence electrons. The number of phenols is 1. The van der Waals surface area contributed by atoms with Crippen molar-refractivity contribution in [2.45, 2.75) is 18.2 Å². The maximum Gasteiger partial charge on any atom is 0.132 e. The fraction of sp³-hybridized carbons (Fsp3) is 0.300. The van der Waals surface area contributed by atoms with E-state index in [0.717, 1.165) is 49.9 Å². The zero-order chi connectivity index (χ0) is 25.8. The number of hydrogen-bond acceptors (Lipinski definition) is 6. The molecular formula is C30H36N2O3S. The number of benzene rings is 3. The van der Waals surface area contributed by atoms with Crippen molar-refractivity contribution < 1.29 is 14.6 Å². The number of rotatable bonds is 4. The van der Waals surface area contributed by atoms with Crippen LogP contribution in [0.5, 0.6) is 17.2 Å². The van der Waals surface area contributed by atoms with Crippen LogP contribution in [-0.4, -0.2) is 48.6 Å². The Balaban J connectivity index is 0.000000194. The third-order valence-corrected chi connectivity index (χ3v) is 6.10. The van der Waals surface area contributed by atoms with Gasteiger partial charge in [-0.15, -0.1) is 18.3 Å². The predicted molar refractivity (Wildman–Crippen MR) is 149 cm³/mol. The second-order valence-electron chi connectivity index (χ2n) is 7.96. The lowest BCUT2D eigenvalue weighted by molar-refractivity contribution is 0.235. The number of thioether (sulfide) groups is 1. The molecule has 0 spiro atoms. The van der Waals surface area contributed by atoms with E-state index in [2.05, 4.69) is 23.6 Å². The van der Waals surface area contributed by atoms with Crippen LogP contribution in [-0.2, 0) is 0 Å². The molecule has 2 aliphatic rings. The lowest BCUT2D eigenvalue weighted by Crippen LogP contribution is -2.26. The molecule has 0 aliphatic carbocycles. The number of ether oxygens (including phenoxy) is 2. The highest BCUT2D eigenvalue weighted by Gasteiger charge is 2.21. The van der Waals surface area contributed by atoms with E-state index >= 15 is 0 Å². The number of hydrogen-bond donors (Lipinski definition) is 1. The third-order valence-electron chi connectivity index (χ3n) is 5.08. The van der Waals surface area contributed by atoms with Crippen LogP contribution in [0.25, 0.3) is 0 Å². The first-order chi connectivity index (χ1) is 17.7. The molecule has 3 aromatic carbocycles. The summed E-state index contributed by atoms with van der Waals surface area (Å²) in [5.74, 6) is 3.58. The van der Waals surface area contributed by atoms with Gasteiger partial charge in [0.1, 0.15) is 23.9 Å². The molecule has 0 aromatic heterocycles. The molecule has 1 N–H and O–H groups in total. The molecular weight excluding hydrogens is 468 g/mol. The Hall–Kier alpha value is -3.40. The van der Waals surface area contributed by atoms with Crippen molar-refractivity contribution in [2.24, 2.45) is 5.92 Å². The monoisotopic (exact) mass is 504 g/mol. The van der Waals surface area contributed by atoms with E-state index in [-0.39, 0.29) is 5.92 Å². The molecule has 5 nitrogen and oxygen atoms in total. The summed E-state index contributed by atoms with van der Waals surface area (Å²) < 4.78 is 11.0. The first-order valence-corrected chi connectivity index (χ1v) is 13.1. The van der Waals surface area contributed by atoms with Gasteiger partial charge >= 0.3 is 0 Å². The molecule has 36 heavy (non-hydrogen) atoms. The van der Waals surface area contributed by atoms with Crippen LogP contribution in [0, 0.1) is 17.2 Å². The summed E-state index contributed by atoms with van der Waals surface area (Å²) in [7, 11) is 0. The number of phenolic OH excluding ortho intramolecular Hbond substituents is 1. The summed E-state index contributed by atoms with van der Waals surface area (Å²) in [5.41, 5.74) is 0. The van der Waals surface area contributed by atoms with Crippen molar-refractivity contribution in [3.05, 3.63) is 97.6 Å². The van der Waals surface area contributed by atoms with Crippen molar-refractivity contribution in [3.8, 4) is 23.3 Å². The number of fused-ring (bicyclic) bond motifs is 1. The van der Waals surface area contributed by atoms with Crippen molar-refractivity contribution in [3.63, 3.8) is 0 Å². The Bertz CT molecular complexity index is 1000. The topological polar surface area (TPSA) is 65.7 Å². The zero-order valence-electron chi connectivity index (χ0n) is 21.0. The van der Waals surface area contributed by atoms with Crippen LogP contribution >= 0.6 is 11.8 Å². The van der Waals surface area contributed by atoms with Crippen LogP contribution in [0.15, 0.2) is 102 Å². The highest BCUT2D eigenvalue weighted by atomic mass is 32.2. The highest BCUT2D eigenvalue weighted by Crippen LogP contribution is 2.32. The van der Waals surface area contributed by atoms with Crippen LogP contribution in [0.2, 0.25) is 0 Å². The molecule has 1 saturated heterocycles. The number of allylic oxidation sites excluding steroid dienone is 1. The molecule has 3 aromatic rings. The number of likely N-dealkylation sites (tertiary alicyclic amines) is 1. The molecule has 0 radical (unpaired) electrons. The number of aromatic hydroxyl groups is 1. The minimum absolute atomic E-state index is 0.219. The molecule has 0 bridgehead atoms. The van der Waals surface area contributed by atoms with Crippen LogP contribution in [0.3, 0.4) is 0 Å². The first-order valence-electron chi connectivity index (χ1n) is 12.1. The molecule has 2 heterocycles. The minimum Gasteiger partial charge on any atom is -0.508 e. The minimum atomic E-state index is 0.219. The molecule has 1 unspecified atom stereocenters. The van der Waals surface area contributed by atoms with Crippen molar-refractivity contribution in [1.29, 1.82) is 5.26 Å². The van der Waals surface area contributed by atoms with E-state index in [1.165, 1.54) is 4.90 Å². The van der Waals surface area contributed by atoms with Gasteiger partial charge in [0.25, 0.3) is 0 Å². The molecule has 2 aliphatic heterocycles. The van der Waals surface area contributed by atoms with Crippen LogP contribution in [0.4, 0.5) is 0 Å². The summed E-state index contributed by atoms with van der Waals surface area (Å²) >= 11 is 1.86. The molecule has 5 rings (SSSR count). The van der Waals surface area contributed by atoms with Crippen LogP contribution < -0.4 is 9.47 Å². The fourth-order valence-corrected chi connectivity index (χ4v) is 4.20. The summed E-state index contributed by atoms with van der Waals surface area (Å²) in [5, 5.41) is 17.4. The Morgan fingerprint density at radius 1 is 1.08 bits per heavy atom. The van der Waals surface area contributed by atoms with E-state index in [9.17, 15) is 0 Å². The smallest absolute Gasteiger partial charge is 0.132 e. The van der Waals surface area contributed by atoms with Gasteiger partial charge in [0.2, 0.25) is 0 Å². The lowest BCUT2D eigenvalue weighted by atomic mass is 10.1. The average Bonchev–Trinajstić information content (AvgIpc) is 3.39. The van der Waals surface area contributed by atoms with E-state index < -0.39 is 0 Å². The number of nitriles is 1. The van der Waals surface area contributed by atoms with Gasteiger partial charge < -0.3 is 14.6 Å². The first kappa shape index (κ1) is 28.8. The summed E-state index contributed by atoms with van der Waals surface area (Å²) in [6, 6.07) is 29.0. The molecule has 0 saturated carbocycles. The van der Waals surface area contributed by atoms with Crippen molar-refractivity contribution in [1.82, 2.24) is 4.90 Å². The van der Waals surface area contributed by atoms with E-state index in [1.807, 2.05) is 73.3 Å². The highest BCUT2D eigenvalue weighted by molar-refractivity contribution is 7.99. The van der Waals surface area contributed by atoms with Gasteiger partial charge in [-0.3, -0.25) is 4.90 Å². The third kappa shape index (κ3) is 11.8. The molecule has 1 atom stereocenters. The summed E-state index contributed by atoms with van der Waals surface area (Å²) in [6.07, 6.45) is 2.75. The van der Waals surface area contributed by atoms with E-state index in [0.29, 0.717) is 12.4 Å². The maximum absolute atomic E-state index is 8.78. The second-order valence-corrected chi connectivity index (χ2v) is 9.10. The maximum atomic E-state index is 8.78. The predicted octanol–water partition coefficient (Wildman–Crippen LogP) is 6.67.